The van der Waals surface area contributed by atoms with Crippen molar-refractivity contribution < 1.29 is 14.3 Å². The van der Waals surface area contributed by atoms with Gasteiger partial charge in [-0.15, -0.1) is 0 Å². The number of fused-ring (bicyclic) bond motifs is 1. The van der Waals surface area contributed by atoms with Crippen molar-refractivity contribution in [1.82, 2.24) is 9.78 Å². The lowest BCUT2D eigenvalue weighted by Crippen LogP contribution is -2.21. The Hall–Kier alpha value is -2.95. The molecule has 1 aromatic heterocycles. The highest BCUT2D eigenvalue weighted by Gasteiger charge is 2.33. The van der Waals surface area contributed by atoms with Gasteiger partial charge >= 0.3 is 0 Å². The van der Waals surface area contributed by atoms with Crippen LogP contribution in [-0.2, 0) is 6.42 Å². The molecular formula is C20H17FN2O2. The summed E-state index contributed by atoms with van der Waals surface area (Å²) in [6.45, 7) is 1.77. The molecule has 4 rings (SSSR count). The molecule has 0 unspecified atom stereocenters. The molecule has 2 aromatic carbocycles. The molecule has 4 nitrogen and oxygen atoms in total. The van der Waals surface area contributed by atoms with Gasteiger partial charge in [0.25, 0.3) is 0 Å². The lowest BCUT2D eigenvalue weighted by atomic mass is 9.81. The van der Waals surface area contributed by atoms with E-state index in [0.29, 0.717) is 35.5 Å². The highest BCUT2D eigenvalue weighted by molar-refractivity contribution is 6.00. The monoisotopic (exact) mass is 336 g/mol. The van der Waals surface area contributed by atoms with Crippen molar-refractivity contribution in [3.63, 3.8) is 0 Å². The lowest BCUT2D eigenvalue weighted by molar-refractivity contribution is 0.0963. The number of aryl methyl sites for hydroxylation is 1. The van der Waals surface area contributed by atoms with Crippen molar-refractivity contribution in [1.29, 1.82) is 0 Å². The number of benzene rings is 2. The van der Waals surface area contributed by atoms with Crippen LogP contribution in [0.3, 0.4) is 0 Å². The van der Waals surface area contributed by atoms with Gasteiger partial charge in [-0.25, -0.2) is 9.07 Å². The third-order valence-corrected chi connectivity index (χ3v) is 4.76. The molecule has 3 aromatic rings. The van der Waals surface area contributed by atoms with Gasteiger partial charge < -0.3 is 5.11 Å². The molecule has 1 N–H and O–H groups in total. The van der Waals surface area contributed by atoms with Crippen molar-refractivity contribution in [3.8, 4) is 11.4 Å². The predicted molar refractivity (Wildman–Crippen MR) is 91.8 cm³/mol. The Bertz CT molecular complexity index is 978. The number of nitrogens with zero attached hydrogens (tertiary/aromatic N) is 2. The second-order valence-electron chi connectivity index (χ2n) is 6.36. The maximum absolute atomic E-state index is 14.3. The minimum absolute atomic E-state index is 0.0189. The Morgan fingerprint density at radius 2 is 1.84 bits per heavy atom. The molecule has 0 bridgehead atoms. The number of para-hydroxylation sites is 2. The molecule has 1 atom stereocenters. The van der Waals surface area contributed by atoms with Crippen LogP contribution in [0.15, 0.2) is 48.5 Å². The van der Waals surface area contributed by atoms with Gasteiger partial charge in [0, 0.05) is 12.3 Å². The number of carbonyl (C=O) groups excluding carboxylic acids is 1. The van der Waals surface area contributed by atoms with E-state index in [0.717, 1.165) is 5.56 Å². The van der Waals surface area contributed by atoms with E-state index in [2.05, 4.69) is 5.10 Å². The number of aromatic nitrogens is 2. The number of hydrogen-bond donors (Lipinski definition) is 1. The van der Waals surface area contributed by atoms with E-state index in [1.807, 2.05) is 12.1 Å². The molecule has 1 aliphatic carbocycles. The Balaban J connectivity index is 1.84. The number of carbonyl (C=O) groups is 1. The van der Waals surface area contributed by atoms with E-state index in [9.17, 15) is 14.3 Å². The Morgan fingerprint density at radius 3 is 2.60 bits per heavy atom. The van der Waals surface area contributed by atoms with Crippen molar-refractivity contribution in [3.05, 3.63) is 76.9 Å². The molecule has 0 fully saturated rings. The van der Waals surface area contributed by atoms with Crippen LogP contribution in [0.4, 0.5) is 4.39 Å². The first-order valence-electron chi connectivity index (χ1n) is 8.20. The minimum Gasteiger partial charge on any atom is -0.508 e. The third kappa shape index (κ3) is 2.52. The summed E-state index contributed by atoms with van der Waals surface area (Å²) in [5.74, 6) is -0.375. The molecule has 0 aliphatic heterocycles. The number of ketones is 1. The van der Waals surface area contributed by atoms with Gasteiger partial charge in [0.15, 0.2) is 5.78 Å². The zero-order valence-electron chi connectivity index (χ0n) is 13.7. The fourth-order valence-corrected chi connectivity index (χ4v) is 3.63. The zero-order valence-corrected chi connectivity index (χ0v) is 13.7. The van der Waals surface area contributed by atoms with Crippen LogP contribution >= 0.6 is 0 Å². The summed E-state index contributed by atoms with van der Waals surface area (Å²) < 4.78 is 15.8. The van der Waals surface area contributed by atoms with Crippen molar-refractivity contribution in [2.75, 3.05) is 0 Å². The number of halogens is 1. The van der Waals surface area contributed by atoms with E-state index >= 15 is 0 Å². The first kappa shape index (κ1) is 15.6. The molecule has 5 heteroatoms. The quantitative estimate of drug-likeness (QED) is 0.771. The van der Waals surface area contributed by atoms with Crippen LogP contribution in [0.5, 0.6) is 5.75 Å². The smallest absolute Gasteiger partial charge is 0.167 e. The van der Waals surface area contributed by atoms with Gasteiger partial charge in [0.1, 0.15) is 17.3 Å². The van der Waals surface area contributed by atoms with Gasteiger partial charge in [-0.2, -0.15) is 5.10 Å². The van der Waals surface area contributed by atoms with E-state index in [1.54, 1.807) is 37.3 Å². The van der Waals surface area contributed by atoms with Gasteiger partial charge in [-0.1, -0.05) is 30.3 Å². The molecule has 0 saturated carbocycles. The van der Waals surface area contributed by atoms with Crippen LogP contribution < -0.4 is 0 Å². The number of hydrogen-bond acceptors (Lipinski definition) is 3. The van der Waals surface area contributed by atoms with Crippen molar-refractivity contribution >= 4 is 5.78 Å². The summed E-state index contributed by atoms with van der Waals surface area (Å²) in [5.41, 5.74) is 2.96. The predicted octanol–water partition coefficient (Wildman–Crippen LogP) is 3.94. The molecule has 126 valence electrons. The SMILES string of the molecule is Cc1nn(-c2ccccc2F)c2c1C(=O)C[C@@H](c1ccccc1O)C2. The summed E-state index contributed by atoms with van der Waals surface area (Å²) in [4.78, 5) is 12.7. The molecule has 0 spiro atoms. The fraction of sp³-hybridized carbons (Fsp3) is 0.200. The van der Waals surface area contributed by atoms with Gasteiger partial charge in [0.05, 0.1) is 17.0 Å². The average molecular weight is 336 g/mol. The Morgan fingerprint density at radius 1 is 1.12 bits per heavy atom. The molecule has 0 saturated heterocycles. The minimum atomic E-state index is -0.384. The second-order valence-corrected chi connectivity index (χ2v) is 6.36. The van der Waals surface area contributed by atoms with Crippen molar-refractivity contribution in [2.24, 2.45) is 0 Å². The number of rotatable bonds is 2. The fourth-order valence-electron chi connectivity index (χ4n) is 3.63. The Kier molecular flexibility index (Phi) is 3.64. The van der Waals surface area contributed by atoms with Crippen LogP contribution in [0.1, 0.15) is 39.6 Å². The highest BCUT2D eigenvalue weighted by Crippen LogP contribution is 2.38. The van der Waals surface area contributed by atoms with Gasteiger partial charge in [0.2, 0.25) is 0 Å². The maximum atomic E-state index is 14.3. The summed E-state index contributed by atoms with van der Waals surface area (Å²) in [6.07, 6.45) is 0.836. The third-order valence-electron chi connectivity index (χ3n) is 4.76. The molecular weight excluding hydrogens is 319 g/mol. The lowest BCUT2D eigenvalue weighted by Gasteiger charge is -2.23. The Labute approximate surface area is 144 Å². The van der Waals surface area contributed by atoms with E-state index in [1.165, 1.54) is 10.7 Å². The first-order valence-corrected chi connectivity index (χ1v) is 8.20. The van der Waals surface area contributed by atoms with Crippen LogP contribution in [-0.4, -0.2) is 20.7 Å². The van der Waals surface area contributed by atoms with Crippen LogP contribution in [0.2, 0.25) is 0 Å². The van der Waals surface area contributed by atoms with Crippen LogP contribution in [0.25, 0.3) is 5.69 Å². The second kappa shape index (κ2) is 5.84. The summed E-state index contributed by atoms with van der Waals surface area (Å²) in [6, 6.07) is 13.4. The maximum Gasteiger partial charge on any atom is 0.167 e. The highest BCUT2D eigenvalue weighted by atomic mass is 19.1. The van der Waals surface area contributed by atoms with Crippen LogP contribution in [0, 0.1) is 12.7 Å². The summed E-state index contributed by atoms with van der Waals surface area (Å²) in [5, 5.41) is 14.6. The zero-order chi connectivity index (χ0) is 17.6. The van der Waals surface area contributed by atoms with E-state index < -0.39 is 0 Å². The average Bonchev–Trinajstić information content (AvgIpc) is 2.93. The molecule has 0 amide bonds. The molecule has 0 radical (unpaired) electrons. The largest absolute Gasteiger partial charge is 0.508 e. The number of Topliss-reactive ketones (excluding diaryl/α,β-unsaturated/α-hetero) is 1. The number of phenols is 1. The summed E-state index contributed by atoms with van der Waals surface area (Å²) >= 11 is 0. The number of aromatic hydroxyl groups is 1. The topological polar surface area (TPSA) is 55.1 Å². The molecule has 1 aliphatic rings. The number of phenolic OH excluding ortho intramolecular Hbond substituents is 1. The summed E-state index contributed by atoms with van der Waals surface area (Å²) in [7, 11) is 0. The molecule has 25 heavy (non-hydrogen) atoms. The standard InChI is InChI=1S/C20H17FN2O2/c1-12-20-17(23(22-12)16-8-4-3-7-15(16)21)10-13(11-19(20)25)14-6-2-5-9-18(14)24/h2-9,13,24H,10-11H2,1H3/t13-/m0/s1. The van der Waals surface area contributed by atoms with E-state index in [4.69, 9.17) is 0 Å². The van der Waals surface area contributed by atoms with Gasteiger partial charge in [-0.05, 0) is 37.1 Å². The first-order chi connectivity index (χ1) is 12.1. The van der Waals surface area contributed by atoms with Crippen molar-refractivity contribution in [2.45, 2.75) is 25.7 Å². The van der Waals surface area contributed by atoms with E-state index in [-0.39, 0.29) is 23.3 Å². The normalized spacial score (nSPS) is 16.7. The molecule has 1 heterocycles. The van der Waals surface area contributed by atoms with Gasteiger partial charge in [-0.3, -0.25) is 4.79 Å².